The molecule has 1 saturated heterocycles. The summed E-state index contributed by atoms with van der Waals surface area (Å²) in [6, 6.07) is -0.865. The van der Waals surface area contributed by atoms with Gasteiger partial charge in [0.2, 0.25) is 11.8 Å². The summed E-state index contributed by atoms with van der Waals surface area (Å²) in [6.07, 6.45) is 7.30. The highest BCUT2D eigenvalue weighted by Crippen LogP contribution is 2.14. The molecular weight excluding hydrogens is 272 g/mol. The second-order valence-corrected chi connectivity index (χ2v) is 5.65. The number of hydrogen-bond donors (Lipinski definition) is 2. The lowest BCUT2D eigenvalue weighted by molar-refractivity contribution is -0.145. The average molecular weight is 298 g/mol. The fourth-order valence-corrected chi connectivity index (χ4v) is 2.50. The average Bonchev–Trinajstić information content (AvgIpc) is 2.44. The van der Waals surface area contributed by atoms with Crippen LogP contribution < -0.4 is 5.73 Å². The van der Waals surface area contributed by atoms with Crippen molar-refractivity contribution in [1.29, 1.82) is 0 Å². The monoisotopic (exact) mass is 298 g/mol. The third-order valence-electron chi connectivity index (χ3n) is 3.85. The molecule has 0 saturated carbocycles. The standard InChI is InChI=1S/C15H26N2O4/c16-12(15(20)21)8-6-7-11-17-13(18)9-4-2-1-3-5-10-14(17)19/h12H,1-11,16H2,(H,20,21). The molecule has 6 nitrogen and oxygen atoms in total. The lowest BCUT2D eigenvalue weighted by Crippen LogP contribution is -2.38. The van der Waals surface area contributed by atoms with E-state index < -0.39 is 12.0 Å². The summed E-state index contributed by atoms with van der Waals surface area (Å²) in [5, 5.41) is 8.70. The largest absolute Gasteiger partial charge is 0.480 e. The molecular formula is C15H26N2O4. The van der Waals surface area contributed by atoms with Gasteiger partial charge in [-0.05, 0) is 32.1 Å². The minimum Gasteiger partial charge on any atom is -0.480 e. The lowest BCUT2D eigenvalue weighted by atomic mass is 10.1. The molecule has 0 aliphatic carbocycles. The summed E-state index contributed by atoms with van der Waals surface area (Å²) in [4.78, 5) is 36.1. The molecule has 0 spiro atoms. The summed E-state index contributed by atoms with van der Waals surface area (Å²) in [5.41, 5.74) is 5.43. The van der Waals surface area contributed by atoms with Crippen molar-refractivity contribution < 1.29 is 19.5 Å². The maximum Gasteiger partial charge on any atom is 0.320 e. The van der Waals surface area contributed by atoms with Crippen LogP contribution in [0.2, 0.25) is 0 Å². The first-order valence-corrected chi connectivity index (χ1v) is 7.84. The number of aliphatic carboxylic acids is 1. The topological polar surface area (TPSA) is 101 Å². The Morgan fingerprint density at radius 2 is 1.57 bits per heavy atom. The summed E-state index contributed by atoms with van der Waals surface area (Å²) >= 11 is 0. The molecule has 1 rings (SSSR count). The molecule has 1 aliphatic rings. The van der Waals surface area contributed by atoms with E-state index in [1.807, 2.05) is 0 Å². The fourth-order valence-electron chi connectivity index (χ4n) is 2.50. The highest BCUT2D eigenvalue weighted by atomic mass is 16.4. The second-order valence-electron chi connectivity index (χ2n) is 5.65. The molecule has 0 aromatic carbocycles. The molecule has 1 unspecified atom stereocenters. The Balaban J connectivity index is 2.41. The Labute approximate surface area is 125 Å². The summed E-state index contributed by atoms with van der Waals surface area (Å²) < 4.78 is 0. The van der Waals surface area contributed by atoms with Crippen molar-refractivity contribution in [1.82, 2.24) is 4.90 Å². The number of rotatable bonds is 6. The van der Waals surface area contributed by atoms with E-state index in [1.165, 1.54) is 4.90 Å². The Kier molecular flexibility index (Phi) is 7.97. The molecule has 0 bridgehead atoms. The normalized spacial score (nSPS) is 19.4. The molecule has 1 fully saturated rings. The van der Waals surface area contributed by atoms with E-state index in [2.05, 4.69) is 0 Å². The van der Waals surface area contributed by atoms with Crippen LogP contribution in [0.3, 0.4) is 0 Å². The fraction of sp³-hybridized carbons (Fsp3) is 0.800. The first-order chi connectivity index (χ1) is 10.0. The zero-order valence-electron chi connectivity index (χ0n) is 12.6. The van der Waals surface area contributed by atoms with Crippen LogP contribution in [0.15, 0.2) is 0 Å². The van der Waals surface area contributed by atoms with Crippen LogP contribution in [0.1, 0.15) is 64.2 Å². The number of imide groups is 1. The summed E-state index contributed by atoms with van der Waals surface area (Å²) in [7, 11) is 0. The van der Waals surface area contributed by atoms with E-state index >= 15 is 0 Å². The van der Waals surface area contributed by atoms with Gasteiger partial charge in [-0.1, -0.05) is 19.3 Å². The number of unbranched alkanes of at least 4 members (excludes halogenated alkanes) is 1. The first-order valence-electron chi connectivity index (χ1n) is 7.84. The van der Waals surface area contributed by atoms with Crippen molar-refractivity contribution in [3.8, 4) is 0 Å². The summed E-state index contributed by atoms with van der Waals surface area (Å²) in [6.45, 7) is 0.379. The van der Waals surface area contributed by atoms with Gasteiger partial charge >= 0.3 is 5.97 Å². The predicted molar refractivity (Wildman–Crippen MR) is 78.5 cm³/mol. The number of hydrogen-bond acceptors (Lipinski definition) is 4. The number of nitrogens with two attached hydrogens (primary N) is 1. The van der Waals surface area contributed by atoms with Gasteiger partial charge in [0.1, 0.15) is 6.04 Å². The number of carboxylic acid groups (broad SMARTS) is 1. The Hall–Kier alpha value is -1.43. The molecule has 21 heavy (non-hydrogen) atoms. The van der Waals surface area contributed by atoms with Crippen molar-refractivity contribution >= 4 is 17.8 Å². The third kappa shape index (κ3) is 6.71. The van der Waals surface area contributed by atoms with Crippen LogP contribution in [0.4, 0.5) is 0 Å². The Morgan fingerprint density at radius 1 is 1.05 bits per heavy atom. The van der Waals surface area contributed by atoms with E-state index in [9.17, 15) is 14.4 Å². The third-order valence-corrected chi connectivity index (χ3v) is 3.85. The van der Waals surface area contributed by atoms with Gasteiger partial charge in [-0.15, -0.1) is 0 Å². The van der Waals surface area contributed by atoms with Crippen molar-refractivity contribution in [3.05, 3.63) is 0 Å². The van der Waals surface area contributed by atoms with E-state index in [0.717, 1.165) is 32.1 Å². The number of nitrogens with zero attached hydrogens (tertiary/aromatic N) is 1. The van der Waals surface area contributed by atoms with Gasteiger partial charge in [-0.2, -0.15) is 0 Å². The van der Waals surface area contributed by atoms with Crippen LogP contribution in [0.25, 0.3) is 0 Å². The molecule has 0 aromatic rings. The maximum atomic E-state index is 12.1. The smallest absolute Gasteiger partial charge is 0.320 e. The molecule has 0 radical (unpaired) electrons. The van der Waals surface area contributed by atoms with Gasteiger partial charge < -0.3 is 10.8 Å². The van der Waals surface area contributed by atoms with Crippen molar-refractivity contribution in [2.24, 2.45) is 5.73 Å². The SMILES string of the molecule is NC(CCCCN1C(=O)CCCCCCCC1=O)C(=O)O. The van der Waals surface area contributed by atoms with Crippen LogP contribution in [-0.4, -0.2) is 40.4 Å². The van der Waals surface area contributed by atoms with Gasteiger partial charge in [0.25, 0.3) is 0 Å². The lowest BCUT2D eigenvalue weighted by Gasteiger charge is -2.22. The number of carbonyl (C=O) groups excluding carboxylic acids is 2. The Morgan fingerprint density at radius 3 is 2.10 bits per heavy atom. The van der Waals surface area contributed by atoms with Gasteiger partial charge in [0.05, 0.1) is 0 Å². The second kappa shape index (κ2) is 9.50. The number of amides is 2. The van der Waals surface area contributed by atoms with E-state index in [0.29, 0.717) is 38.6 Å². The van der Waals surface area contributed by atoms with E-state index in [-0.39, 0.29) is 11.8 Å². The highest BCUT2D eigenvalue weighted by molar-refractivity contribution is 5.95. The molecule has 6 heteroatoms. The van der Waals surface area contributed by atoms with Crippen LogP contribution in [0.5, 0.6) is 0 Å². The maximum absolute atomic E-state index is 12.1. The molecule has 1 atom stereocenters. The van der Waals surface area contributed by atoms with Crippen LogP contribution in [0, 0.1) is 0 Å². The molecule has 3 N–H and O–H groups in total. The molecule has 1 heterocycles. The number of carboxylic acids is 1. The van der Waals surface area contributed by atoms with Gasteiger partial charge in [-0.3, -0.25) is 19.3 Å². The van der Waals surface area contributed by atoms with Gasteiger partial charge in [0, 0.05) is 19.4 Å². The van der Waals surface area contributed by atoms with Crippen LogP contribution >= 0.6 is 0 Å². The molecule has 2 amide bonds. The van der Waals surface area contributed by atoms with E-state index in [4.69, 9.17) is 10.8 Å². The quantitative estimate of drug-likeness (QED) is 0.574. The van der Waals surface area contributed by atoms with Crippen LogP contribution in [-0.2, 0) is 14.4 Å². The molecule has 0 aromatic heterocycles. The van der Waals surface area contributed by atoms with Gasteiger partial charge in [0.15, 0.2) is 0 Å². The molecule has 1 aliphatic heterocycles. The zero-order valence-corrected chi connectivity index (χ0v) is 12.6. The predicted octanol–water partition coefficient (Wildman–Crippen LogP) is 1.67. The minimum atomic E-state index is -1.01. The van der Waals surface area contributed by atoms with Crippen molar-refractivity contribution in [3.63, 3.8) is 0 Å². The van der Waals surface area contributed by atoms with Gasteiger partial charge in [-0.25, -0.2) is 0 Å². The highest BCUT2D eigenvalue weighted by Gasteiger charge is 2.21. The summed E-state index contributed by atoms with van der Waals surface area (Å²) in [5.74, 6) is -1.20. The zero-order chi connectivity index (χ0) is 15.7. The minimum absolute atomic E-state index is 0.0931. The number of carbonyl (C=O) groups is 3. The Bertz CT molecular complexity index is 351. The first kappa shape index (κ1) is 17.6. The van der Waals surface area contributed by atoms with E-state index in [1.54, 1.807) is 0 Å². The van der Waals surface area contributed by atoms with Crippen molar-refractivity contribution in [2.75, 3.05) is 6.54 Å². The van der Waals surface area contributed by atoms with Crippen molar-refractivity contribution in [2.45, 2.75) is 70.3 Å². The molecule has 120 valence electrons.